The third-order valence-corrected chi connectivity index (χ3v) is 5.34. The molecule has 6 nitrogen and oxygen atoms in total. The summed E-state index contributed by atoms with van der Waals surface area (Å²) in [5, 5.41) is 15.6. The van der Waals surface area contributed by atoms with Crippen LogP contribution in [0.15, 0.2) is 53.7 Å². The summed E-state index contributed by atoms with van der Waals surface area (Å²) in [5.74, 6) is 0.810. The molecule has 1 heterocycles. The third kappa shape index (κ3) is 7.78. The summed E-state index contributed by atoms with van der Waals surface area (Å²) in [6, 6.07) is 15.6. The number of hydrogen-bond donors (Lipinski definition) is 1. The Balaban J connectivity index is 1.64. The molecule has 0 amide bonds. The van der Waals surface area contributed by atoms with Gasteiger partial charge in [-0.2, -0.15) is 0 Å². The second-order valence-corrected chi connectivity index (χ2v) is 9.54. The number of halogens is 1. The Labute approximate surface area is 195 Å². The standard InChI is InChI=1S/C25H33ClN2O4/c1-25(2,3)31-17-21(29)15-28(14-18-6-5-7-22(12-18)30-4)16-23-13-24(27-32-23)19-8-10-20(26)11-9-19/h5-12,21,23,29H,13-17H2,1-4H3/t21-,23-/m1/s1. The number of benzene rings is 2. The normalized spacial score (nSPS) is 17.2. The van der Waals surface area contributed by atoms with Crippen molar-refractivity contribution in [3.8, 4) is 5.75 Å². The van der Waals surface area contributed by atoms with Crippen molar-refractivity contribution < 1.29 is 19.4 Å². The Morgan fingerprint density at radius 2 is 1.97 bits per heavy atom. The number of methoxy groups -OCH3 is 1. The summed E-state index contributed by atoms with van der Waals surface area (Å²) < 4.78 is 11.1. The van der Waals surface area contributed by atoms with Gasteiger partial charge in [0.1, 0.15) is 11.9 Å². The molecule has 7 heteroatoms. The minimum Gasteiger partial charge on any atom is -0.497 e. The SMILES string of the molecule is COc1cccc(CN(C[C@@H](O)COC(C)(C)C)C[C@H]2CC(c3ccc(Cl)cc3)=NO2)c1. The van der Waals surface area contributed by atoms with Crippen LogP contribution in [-0.2, 0) is 16.1 Å². The molecule has 0 bridgehead atoms. The minimum absolute atomic E-state index is 0.0954. The summed E-state index contributed by atoms with van der Waals surface area (Å²) >= 11 is 6.00. The lowest BCUT2D eigenvalue weighted by molar-refractivity contribution is -0.0600. The van der Waals surface area contributed by atoms with Crippen LogP contribution in [0, 0.1) is 0 Å². The maximum Gasteiger partial charge on any atom is 0.145 e. The molecule has 2 atom stereocenters. The highest BCUT2D eigenvalue weighted by atomic mass is 35.5. The zero-order chi connectivity index (χ0) is 23.1. The second-order valence-electron chi connectivity index (χ2n) is 9.10. The predicted molar refractivity (Wildman–Crippen MR) is 127 cm³/mol. The largest absolute Gasteiger partial charge is 0.497 e. The Kier molecular flexibility index (Phi) is 8.54. The molecule has 3 rings (SSSR count). The van der Waals surface area contributed by atoms with Gasteiger partial charge in [-0.05, 0) is 56.2 Å². The molecule has 0 fully saturated rings. The lowest BCUT2D eigenvalue weighted by Crippen LogP contribution is -2.40. The monoisotopic (exact) mass is 460 g/mol. The molecule has 0 saturated carbocycles. The Bertz CT molecular complexity index is 896. The summed E-state index contributed by atoms with van der Waals surface area (Å²) in [4.78, 5) is 7.91. The number of aliphatic hydroxyl groups is 1. The van der Waals surface area contributed by atoms with Crippen LogP contribution < -0.4 is 4.74 Å². The van der Waals surface area contributed by atoms with Gasteiger partial charge in [0.25, 0.3) is 0 Å². The first kappa shape index (κ1) is 24.5. The van der Waals surface area contributed by atoms with Crippen molar-refractivity contribution in [1.29, 1.82) is 0 Å². The highest BCUT2D eigenvalue weighted by molar-refractivity contribution is 6.30. The van der Waals surface area contributed by atoms with E-state index in [2.05, 4.69) is 16.1 Å². The van der Waals surface area contributed by atoms with E-state index >= 15 is 0 Å². The molecule has 0 spiro atoms. The first-order chi connectivity index (χ1) is 15.2. The van der Waals surface area contributed by atoms with E-state index in [4.69, 9.17) is 25.9 Å². The van der Waals surface area contributed by atoms with Crippen LogP contribution in [0.2, 0.25) is 5.02 Å². The van der Waals surface area contributed by atoms with Crippen molar-refractivity contribution in [3.63, 3.8) is 0 Å². The van der Waals surface area contributed by atoms with E-state index in [9.17, 15) is 5.11 Å². The average molecular weight is 461 g/mol. The fourth-order valence-corrected chi connectivity index (χ4v) is 3.68. The van der Waals surface area contributed by atoms with Gasteiger partial charge in [-0.1, -0.05) is 41.0 Å². The molecule has 2 aromatic carbocycles. The number of oxime groups is 1. The Morgan fingerprint density at radius 3 is 2.66 bits per heavy atom. The second kappa shape index (κ2) is 11.1. The van der Waals surface area contributed by atoms with Crippen LogP contribution >= 0.6 is 11.6 Å². The van der Waals surface area contributed by atoms with E-state index in [0.29, 0.717) is 31.1 Å². The number of aliphatic hydroxyl groups excluding tert-OH is 1. The maximum absolute atomic E-state index is 10.6. The summed E-state index contributed by atoms with van der Waals surface area (Å²) in [5.41, 5.74) is 2.72. The van der Waals surface area contributed by atoms with E-state index in [-0.39, 0.29) is 18.3 Å². The van der Waals surface area contributed by atoms with Crippen molar-refractivity contribution in [2.24, 2.45) is 5.16 Å². The van der Waals surface area contributed by atoms with Crippen LogP contribution in [0.1, 0.15) is 38.3 Å². The summed E-state index contributed by atoms with van der Waals surface area (Å²) in [6.45, 7) is 7.96. The fraction of sp³-hybridized carbons (Fsp3) is 0.480. The van der Waals surface area contributed by atoms with E-state index in [0.717, 1.165) is 22.6 Å². The van der Waals surface area contributed by atoms with Gasteiger partial charge in [0.15, 0.2) is 0 Å². The molecule has 0 saturated heterocycles. The van der Waals surface area contributed by atoms with E-state index < -0.39 is 6.10 Å². The van der Waals surface area contributed by atoms with E-state index in [1.807, 2.05) is 63.2 Å². The number of ether oxygens (including phenoxy) is 2. The molecule has 0 radical (unpaired) electrons. The number of hydrogen-bond acceptors (Lipinski definition) is 6. The molecule has 0 aromatic heterocycles. The fourth-order valence-electron chi connectivity index (χ4n) is 3.56. The van der Waals surface area contributed by atoms with E-state index in [1.54, 1.807) is 7.11 Å². The lowest BCUT2D eigenvalue weighted by atomic mass is 10.0. The molecule has 174 valence electrons. The first-order valence-corrected chi connectivity index (χ1v) is 11.3. The third-order valence-electron chi connectivity index (χ3n) is 5.09. The molecule has 2 aromatic rings. The van der Waals surface area contributed by atoms with Gasteiger partial charge in [-0.15, -0.1) is 0 Å². The molecule has 1 aliphatic heterocycles. The minimum atomic E-state index is -0.613. The summed E-state index contributed by atoms with van der Waals surface area (Å²) in [7, 11) is 1.66. The van der Waals surface area contributed by atoms with Gasteiger partial charge in [0.05, 0.1) is 31.1 Å². The number of nitrogens with zero attached hydrogens (tertiary/aromatic N) is 2. The topological polar surface area (TPSA) is 63.5 Å². The van der Waals surface area contributed by atoms with Gasteiger partial charge >= 0.3 is 0 Å². The van der Waals surface area contributed by atoms with Gasteiger partial charge in [0.2, 0.25) is 0 Å². The number of rotatable bonds is 10. The zero-order valence-corrected chi connectivity index (χ0v) is 20.0. The molecule has 1 N–H and O–H groups in total. The van der Waals surface area contributed by atoms with Crippen molar-refractivity contribution in [3.05, 3.63) is 64.7 Å². The molecule has 0 aliphatic carbocycles. The average Bonchev–Trinajstić information content (AvgIpc) is 3.21. The lowest BCUT2D eigenvalue weighted by Gasteiger charge is -2.28. The first-order valence-electron chi connectivity index (χ1n) is 10.9. The predicted octanol–water partition coefficient (Wildman–Crippen LogP) is 4.52. The van der Waals surface area contributed by atoms with E-state index in [1.165, 1.54) is 0 Å². The molecular formula is C25H33ClN2O4. The van der Waals surface area contributed by atoms with Gasteiger partial charge < -0.3 is 19.4 Å². The highest BCUT2D eigenvalue weighted by Gasteiger charge is 2.26. The summed E-state index contributed by atoms with van der Waals surface area (Å²) in [6.07, 6.45) is -0.00918. The van der Waals surface area contributed by atoms with Crippen LogP contribution in [0.3, 0.4) is 0 Å². The Morgan fingerprint density at radius 1 is 1.22 bits per heavy atom. The highest BCUT2D eigenvalue weighted by Crippen LogP contribution is 2.21. The smallest absolute Gasteiger partial charge is 0.145 e. The van der Waals surface area contributed by atoms with Crippen LogP contribution in [0.4, 0.5) is 0 Å². The maximum atomic E-state index is 10.6. The van der Waals surface area contributed by atoms with Crippen LogP contribution in [0.25, 0.3) is 0 Å². The zero-order valence-electron chi connectivity index (χ0n) is 19.3. The van der Waals surface area contributed by atoms with Gasteiger partial charge in [-0.25, -0.2) is 0 Å². The molecule has 32 heavy (non-hydrogen) atoms. The Hall–Kier alpha value is -2.12. The van der Waals surface area contributed by atoms with Gasteiger partial charge in [0, 0.05) is 31.1 Å². The quantitative estimate of drug-likeness (QED) is 0.564. The van der Waals surface area contributed by atoms with Crippen molar-refractivity contribution in [2.75, 3.05) is 26.8 Å². The van der Waals surface area contributed by atoms with Crippen molar-refractivity contribution >= 4 is 17.3 Å². The van der Waals surface area contributed by atoms with Gasteiger partial charge in [-0.3, -0.25) is 4.90 Å². The molecular weight excluding hydrogens is 428 g/mol. The van der Waals surface area contributed by atoms with Crippen LogP contribution in [0.5, 0.6) is 5.75 Å². The molecule has 0 unspecified atom stereocenters. The molecule has 1 aliphatic rings. The van der Waals surface area contributed by atoms with Crippen molar-refractivity contribution in [1.82, 2.24) is 4.90 Å². The van der Waals surface area contributed by atoms with Crippen molar-refractivity contribution in [2.45, 2.75) is 51.5 Å². The van der Waals surface area contributed by atoms with Crippen LogP contribution in [-0.4, -0.2) is 60.3 Å².